The number of hydrogen-bond acceptors (Lipinski definition) is 5. The molecule has 0 aromatic carbocycles. The van der Waals surface area contributed by atoms with Gasteiger partial charge in [-0.1, -0.05) is 19.0 Å². The van der Waals surface area contributed by atoms with E-state index in [1.165, 1.54) is 0 Å². The summed E-state index contributed by atoms with van der Waals surface area (Å²) in [5, 5.41) is 3.94. The number of piperidine rings is 1. The predicted octanol–water partition coefficient (Wildman–Crippen LogP) is 1.60. The maximum atomic E-state index is 10.8. The smallest absolute Gasteiger partial charge is 0.240 e. The summed E-state index contributed by atoms with van der Waals surface area (Å²) in [5.41, 5.74) is 0. The Bertz CT molecular complexity index is 376. The Labute approximate surface area is 101 Å². The van der Waals surface area contributed by atoms with Crippen LogP contribution < -0.4 is 0 Å². The molecule has 0 saturated carbocycles. The highest BCUT2D eigenvalue weighted by atomic mass is 16.5. The van der Waals surface area contributed by atoms with Gasteiger partial charge in [0, 0.05) is 18.4 Å². The van der Waals surface area contributed by atoms with Crippen LogP contribution in [0, 0.1) is 5.92 Å². The van der Waals surface area contributed by atoms with Crippen molar-refractivity contribution < 1.29 is 9.32 Å². The molecule has 1 atom stereocenters. The molecule has 94 valence electrons. The van der Waals surface area contributed by atoms with Gasteiger partial charge in [-0.15, -0.1) is 0 Å². The number of hydrogen-bond donors (Lipinski definition) is 0. The summed E-state index contributed by atoms with van der Waals surface area (Å²) in [6, 6.07) is 0. The van der Waals surface area contributed by atoms with E-state index < -0.39 is 0 Å². The van der Waals surface area contributed by atoms with Crippen molar-refractivity contribution in [2.24, 2.45) is 5.92 Å². The van der Waals surface area contributed by atoms with E-state index in [1.807, 2.05) is 13.8 Å². The zero-order valence-electron chi connectivity index (χ0n) is 10.4. The van der Waals surface area contributed by atoms with Gasteiger partial charge in [-0.3, -0.25) is 4.90 Å². The van der Waals surface area contributed by atoms with E-state index in [0.29, 0.717) is 12.4 Å². The minimum absolute atomic E-state index is 0.163. The summed E-state index contributed by atoms with van der Waals surface area (Å²) >= 11 is 0. The maximum absolute atomic E-state index is 10.8. The summed E-state index contributed by atoms with van der Waals surface area (Å²) in [4.78, 5) is 17.3. The number of aromatic nitrogens is 2. The fourth-order valence-electron chi connectivity index (χ4n) is 2.10. The van der Waals surface area contributed by atoms with E-state index in [4.69, 9.17) is 4.52 Å². The molecule has 5 nitrogen and oxygen atoms in total. The molecule has 17 heavy (non-hydrogen) atoms. The highest BCUT2D eigenvalue weighted by molar-refractivity contribution is 5.53. The second kappa shape index (κ2) is 5.40. The number of aldehydes is 1. The van der Waals surface area contributed by atoms with Crippen LogP contribution in [0.3, 0.4) is 0 Å². The summed E-state index contributed by atoms with van der Waals surface area (Å²) in [7, 11) is 0. The van der Waals surface area contributed by atoms with Crippen molar-refractivity contribution in [3.63, 3.8) is 0 Å². The molecule has 2 rings (SSSR count). The lowest BCUT2D eigenvalue weighted by Crippen LogP contribution is -2.35. The Morgan fingerprint density at radius 3 is 3.06 bits per heavy atom. The Kier molecular flexibility index (Phi) is 3.89. The second-order valence-electron chi connectivity index (χ2n) is 4.97. The van der Waals surface area contributed by atoms with Crippen LogP contribution in [0.1, 0.15) is 44.3 Å². The molecule has 0 radical (unpaired) electrons. The lowest BCUT2D eigenvalue weighted by molar-refractivity contribution is -0.112. The zero-order chi connectivity index (χ0) is 12.3. The van der Waals surface area contributed by atoms with Crippen molar-refractivity contribution in [2.45, 2.75) is 39.2 Å². The van der Waals surface area contributed by atoms with Gasteiger partial charge in [-0.05, 0) is 19.4 Å². The third-order valence-corrected chi connectivity index (χ3v) is 3.09. The average molecular weight is 237 g/mol. The Morgan fingerprint density at radius 1 is 1.59 bits per heavy atom. The molecule has 0 amide bonds. The first kappa shape index (κ1) is 12.2. The number of likely N-dealkylation sites (tertiary alicyclic amines) is 1. The highest BCUT2D eigenvalue weighted by Gasteiger charge is 2.21. The van der Waals surface area contributed by atoms with Crippen molar-refractivity contribution in [1.82, 2.24) is 15.0 Å². The molecule has 1 fully saturated rings. The molecule has 1 unspecified atom stereocenters. The minimum atomic E-state index is 0.163. The molecule has 1 aliphatic heterocycles. The van der Waals surface area contributed by atoms with Crippen molar-refractivity contribution in [1.29, 1.82) is 0 Å². The molecule has 1 saturated heterocycles. The molecular formula is C12H19N3O2. The van der Waals surface area contributed by atoms with Crippen molar-refractivity contribution in [3.8, 4) is 0 Å². The van der Waals surface area contributed by atoms with Gasteiger partial charge in [0.1, 0.15) is 6.29 Å². The van der Waals surface area contributed by atoms with Gasteiger partial charge in [0.25, 0.3) is 0 Å². The monoisotopic (exact) mass is 237 g/mol. The fraction of sp³-hybridized carbons (Fsp3) is 0.750. The molecule has 0 N–H and O–H groups in total. The van der Waals surface area contributed by atoms with Crippen molar-refractivity contribution in [2.75, 3.05) is 13.1 Å². The van der Waals surface area contributed by atoms with Crippen LogP contribution in [-0.4, -0.2) is 34.4 Å². The van der Waals surface area contributed by atoms with E-state index >= 15 is 0 Å². The molecule has 1 aromatic rings. The topological polar surface area (TPSA) is 59.2 Å². The second-order valence-corrected chi connectivity index (χ2v) is 4.97. The van der Waals surface area contributed by atoms with Crippen LogP contribution in [0.4, 0.5) is 0 Å². The zero-order valence-corrected chi connectivity index (χ0v) is 10.4. The largest absolute Gasteiger partial charge is 0.338 e. The van der Waals surface area contributed by atoms with Crippen molar-refractivity contribution in [3.05, 3.63) is 11.7 Å². The first-order valence-corrected chi connectivity index (χ1v) is 6.19. The number of nitrogens with zero attached hydrogens (tertiary/aromatic N) is 3. The summed E-state index contributed by atoms with van der Waals surface area (Å²) in [5.74, 6) is 1.86. The fourth-order valence-corrected chi connectivity index (χ4v) is 2.10. The third-order valence-electron chi connectivity index (χ3n) is 3.09. The molecule has 2 heterocycles. The molecule has 0 bridgehead atoms. The van der Waals surface area contributed by atoms with E-state index in [-0.39, 0.29) is 11.8 Å². The highest BCUT2D eigenvalue weighted by Crippen LogP contribution is 2.17. The van der Waals surface area contributed by atoms with Gasteiger partial charge in [0.15, 0.2) is 5.82 Å². The van der Waals surface area contributed by atoms with Crippen LogP contribution in [0.5, 0.6) is 0 Å². The summed E-state index contributed by atoms with van der Waals surface area (Å²) in [6.45, 7) is 6.55. The van der Waals surface area contributed by atoms with Crippen LogP contribution in [0.15, 0.2) is 4.52 Å². The molecule has 0 aliphatic carbocycles. The summed E-state index contributed by atoms with van der Waals surface area (Å²) in [6.07, 6.45) is 3.12. The van der Waals surface area contributed by atoms with Crippen LogP contribution in [0.2, 0.25) is 0 Å². The summed E-state index contributed by atoms with van der Waals surface area (Å²) < 4.78 is 5.21. The van der Waals surface area contributed by atoms with E-state index in [0.717, 1.165) is 38.0 Å². The number of rotatable bonds is 4. The standard InChI is InChI=1S/C12H19N3O2/c1-9(2)12-13-11(17-14-12)7-15-5-3-4-10(6-15)8-16/h8-10H,3-7H2,1-2H3. The van der Waals surface area contributed by atoms with E-state index in [2.05, 4.69) is 15.0 Å². The van der Waals surface area contributed by atoms with Gasteiger partial charge >= 0.3 is 0 Å². The normalized spacial score (nSPS) is 21.9. The number of carbonyl (C=O) groups is 1. The quantitative estimate of drug-likeness (QED) is 0.744. The lowest BCUT2D eigenvalue weighted by atomic mass is 10.00. The average Bonchev–Trinajstić information content (AvgIpc) is 2.78. The van der Waals surface area contributed by atoms with Crippen molar-refractivity contribution >= 4 is 6.29 Å². The third kappa shape index (κ3) is 3.12. The minimum Gasteiger partial charge on any atom is -0.338 e. The van der Waals surface area contributed by atoms with E-state index in [1.54, 1.807) is 0 Å². The first-order chi connectivity index (χ1) is 8.19. The van der Waals surface area contributed by atoms with Gasteiger partial charge in [0.2, 0.25) is 5.89 Å². The van der Waals surface area contributed by atoms with Gasteiger partial charge < -0.3 is 9.32 Å². The van der Waals surface area contributed by atoms with Crippen LogP contribution in [-0.2, 0) is 11.3 Å². The Hall–Kier alpha value is -1.23. The van der Waals surface area contributed by atoms with Gasteiger partial charge in [-0.25, -0.2) is 0 Å². The lowest BCUT2D eigenvalue weighted by Gasteiger charge is -2.28. The molecule has 0 spiro atoms. The number of carbonyl (C=O) groups excluding carboxylic acids is 1. The Morgan fingerprint density at radius 2 is 2.41 bits per heavy atom. The SMILES string of the molecule is CC(C)c1noc(CN2CCCC(C=O)C2)n1. The van der Waals surface area contributed by atoms with Crippen LogP contribution >= 0.6 is 0 Å². The van der Waals surface area contributed by atoms with Gasteiger partial charge in [0.05, 0.1) is 6.54 Å². The molecule has 1 aromatic heterocycles. The Balaban J connectivity index is 1.93. The van der Waals surface area contributed by atoms with Gasteiger partial charge in [-0.2, -0.15) is 4.98 Å². The predicted molar refractivity (Wildman–Crippen MR) is 62.5 cm³/mol. The molecule has 1 aliphatic rings. The maximum Gasteiger partial charge on any atom is 0.240 e. The van der Waals surface area contributed by atoms with E-state index in [9.17, 15) is 4.79 Å². The van der Waals surface area contributed by atoms with Crippen LogP contribution in [0.25, 0.3) is 0 Å². The molecule has 5 heteroatoms. The molecular weight excluding hydrogens is 218 g/mol. The first-order valence-electron chi connectivity index (χ1n) is 6.19.